The van der Waals surface area contributed by atoms with Crippen LogP contribution in [0.2, 0.25) is 0 Å². The highest BCUT2D eigenvalue weighted by Crippen LogP contribution is 2.19. The molecule has 0 aliphatic heterocycles. The molecular weight excluding hydrogens is 168 g/mol. The maximum absolute atomic E-state index is 2.27. The van der Waals surface area contributed by atoms with E-state index in [1.807, 2.05) is 0 Å². The molecule has 0 spiro atoms. The lowest BCUT2D eigenvalue weighted by atomic mass is 9.91. The summed E-state index contributed by atoms with van der Waals surface area (Å²) in [7, 11) is 0. The van der Waals surface area contributed by atoms with Crippen LogP contribution in [0.3, 0.4) is 0 Å². The third-order valence-corrected chi connectivity index (χ3v) is 2.00. The molecule has 0 saturated carbocycles. The third kappa shape index (κ3) is 22.7. The van der Waals surface area contributed by atoms with E-state index >= 15 is 0 Å². The zero-order valence-corrected chi connectivity index (χ0v) is 11.8. The molecule has 0 N–H and O–H groups in total. The molecule has 0 nitrogen and oxygen atoms in total. The van der Waals surface area contributed by atoms with Crippen LogP contribution >= 0.6 is 0 Å². The summed E-state index contributed by atoms with van der Waals surface area (Å²) in [6.45, 7) is 18.1. The van der Waals surface area contributed by atoms with Crippen molar-refractivity contribution < 1.29 is 0 Å². The first kappa shape index (κ1) is 16.4. The van der Waals surface area contributed by atoms with Gasteiger partial charge in [-0.05, 0) is 23.7 Å². The minimum absolute atomic E-state index is 0.550. The van der Waals surface area contributed by atoms with Gasteiger partial charge in [0.05, 0.1) is 0 Å². The van der Waals surface area contributed by atoms with Crippen LogP contribution in [-0.2, 0) is 0 Å². The van der Waals surface area contributed by atoms with Gasteiger partial charge >= 0.3 is 0 Å². The molecule has 0 aromatic heterocycles. The maximum Gasteiger partial charge on any atom is -0.0383 e. The number of hydrogen-bond acceptors (Lipinski definition) is 0. The predicted octanol–water partition coefficient (Wildman–Crippen LogP) is 5.67. The van der Waals surface area contributed by atoms with Gasteiger partial charge in [-0.1, -0.05) is 68.2 Å². The van der Waals surface area contributed by atoms with Crippen molar-refractivity contribution in [3.8, 4) is 0 Å². The van der Waals surface area contributed by atoms with E-state index in [0.717, 1.165) is 0 Å². The maximum atomic E-state index is 2.27. The summed E-state index contributed by atoms with van der Waals surface area (Å²) in [5.74, 6) is 0. The van der Waals surface area contributed by atoms with Crippen LogP contribution in [0.4, 0.5) is 0 Å². The quantitative estimate of drug-likeness (QED) is 0.539. The zero-order valence-electron chi connectivity index (χ0n) is 11.8. The molecule has 0 atom stereocenters. The van der Waals surface area contributed by atoms with Gasteiger partial charge in [-0.25, -0.2) is 0 Å². The highest BCUT2D eigenvalue weighted by atomic mass is 14.1. The first-order chi connectivity index (χ1) is 6.12. The van der Waals surface area contributed by atoms with Gasteiger partial charge in [-0.15, -0.1) is 0 Å². The van der Waals surface area contributed by atoms with Crippen molar-refractivity contribution in [2.24, 2.45) is 10.8 Å². The first-order valence-electron chi connectivity index (χ1n) is 6.12. The van der Waals surface area contributed by atoms with Gasteiger partial charge in [0.2, 0.25) is 0 Å². The van der Waals surface area contributed by atoms with E-state index in [9.17, 15) is 0 Å². The second-order valence-electron chi connectivity index (χ2n) is 6.62. The summed E-state index contributed by atoms with van der Waals surface area (Å²) in [6.07, 6.45) is 5.30. The lowest BCUT2D eigenvalue weighted by Crippen LogP contribution is -2.02. The predicted molar refractivity (Wildman–Crippen MR) is 68.7 cm³/mol. The number of hydrogen-bond donors (Lipinski definition) is 0. The van der Waals surface area contributed by atoms with Crippen LogP contribution < -0.4 is 0 Å². The van der Waals surface area contributed by atoms with Gasteiger partial charge in [0.15, 0.2) is 0 Å². The lowest BCUT2D eigenvalue weighted by molar-refractivity contribution is 0.373. The van der Waals surface area contributed by atoms with Crippen molar-refractivity contribution in [1.29, 1.82) is 0 Å². The monoisotopic (exact) mass is 200 g/mol. The van der Waals surface area contributed by atoms with Crippen LogP contribution in [0, 0.1) is 10.8 Å². The van der Waals surface area contributed by atoms with Crippen LogP contribution in [0.1, 0.15) is 81.1 Å². The Morgan fingerprint density at radius 2 is 0.786 bits per heavy atom. The Balaban J connectivity index is 0. The average Bonchev–Trinajstić information content (AvgIpc) is 1.81. The largest absolute Gasteiger partial charge is 0.0654 e. The van der Waals surface area contributed by atoms with Crippen LogP contribution in [-0.4, -0.2) is 0 Å². The van der Waals surface area contributed by atoms with Crippen LogP contribution in [0.25, 0.3) is 0 Å². The molecule has 0 fully saturated rings. The van der Waals surface area contributed by atoms with E-state index in [2.05, 4.69) is 55.4 Å². The molecule has 0 rings (SSSR count). The fourth-order valence-electron chi connectivity index (χ4n) is 1.50. The van der Waals surface area contributed by atoms with Crippen molar-refractivity contribution in [2.45, 2.75) is 81.1 Å². The first-order valence-corrected chi connectivity index (χ1v) is 6.12. The van der Waals surface area contributed by atoms with Gasteiger partial charge < -0.3 is 0 Å². The standard InChI is InChI=1S/2C7H16/c2*1-5-6-7(2,3)4/h2*5-6H2,1-4H3. The molecular formula is C14H32. The summed E-state index contributed by atoms with van der Waals surface area (Å²) >= 11 is 0. The second kappa shape index (κ2) is 7.31. The average molecular weight is 200 g/mol. The summed E-state index contributed by atoms with van der Waals surface area (Å²) < 4.78 is 0. The normalized spacial score (nSPS) is 12.0. The molecule has 0 unspecified atom stereocenters. The Bertz CT molecular complexity index is 93.0. The Morgan fingerprint density at radius 3 is 0.786 bits per heavy atom. The molecule has 14 heavy (non-hydrogen) atoms. The van der Waals surface area contributed by atoms with Crippen LogP contribution in [0.5, 0.6) is 0 Å². The van der Waals surface area contributed by atoms with Crippen molar-refractivity contribution in [1.82, 2.24) is 0 Å². The van der Waals surface area contributed by atoms with Gasteiger partial charge in [0.25, 0.3) is 0 Å². The van der Waals surface area contributed by atoms with Gasteiger partial charge in [0.1, 0.15) is 0 Å². The minimum Gasteiger partial charge on any atom is -0.0654 e. The molecule has 0 heteroatoms. The zero-order chi connectivity index (χ0) is 11.8. The van der Waals surface area contributed by atoms with Crippen molar-refractivity contribution >= 4 is 0 Å². The smallest absolute Gasteiger partial charge is 0.0383 e. The SMILES string of the molecule is CCCC(C)(C)C.CCCC(C)(C)C. The molecule has 88 valence electrons. The molecule has 0 aliphatic rings. The Labute approximate surface area is 92.5 Å². The summed E-state index contributed by atoms with van der Waals surface area (Å²) in [6, 6.07) is 0. The van der Waals surface area contributed by atoms with Gasteiger partial charge in [-0.2, -0.15) is 0 Å². The topological polar surface area (TPSA) is 0 Å². The third-order valence-electron chi connectivity index (χ3n) is 2.00. The van der Waals surface area contributed by atoms with Crippen molar-refractivity contribution in [3.05, 3.63) is 0 Å². The Hall–Kier alpha value is 0. The molecule has 0 amide bonds. The van der Waals surface area contributed by atoms with Crippen LogP contribution in [0.15, 0.2) is 0 Å². The summed E-state index contributed by atoms with van der Waals surface area (Å²) in [4.78, 5) is 0. The van der Waals surface area contributed by atoms with E-state index in [0.29, 0.717) is 10.8 Å². The Morgan fingerprint density at radius 1 is 0.571 bits per heavy atom. The van der Waals surface area contributed by atoms with E-state index < -0.39 is 0 Å². The molecule has 0 radical (unpaired) electrons. The van der Waals surface area contributed by atoms with Crippen molar-refractivity contribution in [2.75, 3.05) is 0 Å². The summed E-state index contributed by atoms with van der Waals surface area (Å²) in [5, 5.41) is 0. The van der Waals surface area contributed by atoms with E-state index in [1.165, 1.54) is 25.7 Å². The molecule has 0 aliphatic carbocycles. The highest BCUT2D eigenvalue weighted by molar-refractivity contribution is 4.58. The molecule has 0 aromatic rings. The van der Waals surface area contributed by atoms with Crippen molar-refractivity contribution in [3.63, 3.8) is 0 Å². The molecule has 0 heterocycles. The van der Waals surface area contributed by atoms with Gasteiger partial charge in [0, 0.05) is 0 Å². The van der Waals surface area contributed by atoms with Gasteiger partial charge in [-0.3, -0.25) is 0 Å². The molecule has 0 saturated heterocycles. The van der Waals surface area contributed by atoms with E-state index in [1.54, 1.807) is 0 Å². The Kier molecular flexibility index (Phi) is 8.58. The van der Waals surface area contributed by atoms with E-state index in [-0.39, 0.29) is 0 Å². The molecule has 0 bridgehead atoms. The fraction of sp³-hybridized carbons (Fsp3) is 1.00. The van der Waals surface area contributed by atoms with E-state index in [4.69, 9.17) is 0 Å². The minimum atomic E-state index is 0.550. The number of rotatable bonds is 2. The highest BCUT2D eigenvalue weighted by Gasteiger charge is 2.06. The summed E-state index contributed by atoms with van der Waals surface area (Å²) in [5.41, 5.74) is 1.10. The molecule has 0 aromatic carbocycles. The lowest BCUT2D eigenvalue weighted by Gasteiger charge is -2.15. The fourth-order valence-corrected chi connectivity index (χ4v) is 1.50. The second-order valence-corrected chi connectivity index (χ2v) is 6.62.